The first-order valence-electron chi connectivity index (χ1n) is 9.22. The highest BCUT2D eigenvalue weighted by atomic mass is 16.5. The van der Waals surface area contributed by atoms with Gasteiger partial charge in [0.25, 0.3) is 0 Å². The molecule has 132 valence electrons. The second-order valence-electron chi connectivity index (χ2n) is 6.29. The molecule has 0 amide bonds. The number of benzene rings is 1. The van der Waals surface area contributed by atoms with Crippen LogP contribution in [0, 0.1) is 0 Å². The van der Waals surface area contributed by atoms with Crippen LogP contribution in [0.15, 0.2) is 30.5 Å². The maximum atomic E-state index is 5.51. The Bertz CT molecular complexity index is 600. The van der Waals surface area contributed by atoms with Crippen LogP contribution in [-0.4, -0.2) is 25.2 Å². The van der Waals surface area contributed by atoms with Crippen LogP contribution in [0.1, 0.15) is 51.4 Å². The van der Waals surface area contributed by atoms with E-state index in [1.165, 1.54) is 51.4 Å². The number of methoxy groups -OCH3 is 1. The van der Waals surface area contributed by atoms with Gasteiger partial charge in [0.15, 0.2) is 0 Å². The van der Waals surface area contributed by atoms with Crippen LogP contribution in [0.4, 0.5) is 5.69 Å². The van der Waals surface area contributed by atoms with E-state index in [4.69, 9.17) is 10.5 Å². The van der Waals surface area contributed by atoms with E-state index >= 15 is 0 Å². The Balaban J connectivity index is 1.70. The highest BCUT2D eigenvalue weighted by Gasteiger charge is 2.05. The smallest absolute Gasteiger partial charge is 0.121 e. The zero-order valence-electron chi connectivity index (χ0n) is 14.9. The molecule has 4 heteroatoms. The molecule has 2 aromatic rings. The molecule has 0 fully saturated rings. The largest absolute Gasteiger partial charge is 0.497 e. The fourth-order valence-corrected chi connectivity index (χ4v) is 2.97. The average Bonchev–Trinajstić information content (AvgIpc) is 2.62. The quantitative estimate of drug-likeness (QED) is 0.552. The third-order valence-electron chi connectivity index (χ3n) is 4.36. The first-order chi connectivity index (χ1) is 11.8. The van der Waals surface area contributed by atoms with Gasteiger partial charge in [0.1, 0.15) is 5.75 Å². The van der Waals surface area contributed by atoms with Crippen molar-refractivity contribution in [1.82, 2.24) is 4.98 Å². The lowest BCUT2D eigenvalue weighted by atomic mass is 10.1. The lowest BCUT2D eigenvalue weighted by molar-refractivity contribution is 0.415. The van der Waals surface area contributed by atoms with Crippen LogP contribution in [0.5, 0.6) is 5.75 Å². The Morgan fingerprint density at radius 1 is 1.00 bits per heavy atom. The van der Waals surface area contributed by atoms with Gasteiger partial charge in [-0.2, -0.15) is 0 Å². The normalized spacial score (nSPS) is 10.9. The van der Waals surface area contributed by atoms with Crippen molar-refractivity contribution in [1.29, 1.82) is 0 Å². The number of ether oxygens (including phenoxy) is 1. The second-order valence-corrected chi connectivity index (χ2v) is 6.29. The van der Waals surface area contributed by atoms with Gasteiger partial charge in [-0.05, 0) is 31.5 Å². The fraction of sp³-hybridized carbons (Fsp3) is 0.550. The Hall–Kier alpha value is -1.81. The minimum atomic E-state index is 0.833. The number of pyridine rings is 1. The standard InChI is InChI=1S/C20H31N3O/c1-24-18-15-17-11-10-14-23-20(17)19(16-18)22-13-9-7-5-3-2-4-6-8-12-21/h10-11,14-16,22H,2-9,12-13,21H2,1H3. The molecule has 24 heavy (non-hydrogen) atoms. The molecule has 0 aliphatic heterocycles. The van der Waals surface area contributed by atoms with E-state index in [1.807, 2.05) is 24.4 Å². The Kier molecular flexibility index (Phi) is 8.39. The summed E-state index contributed by atoms with van der Waals surface area (Å²) in [6.45, 7) is 1.81. The summed E-state index contributed by atoms with van der Waals surface area (Å²) in [5, 5.41) is 4.63. The number of rotatable bonds is 12. The number of aromatic nitrogens is 1. The van der Waals surface area contributed by atoms with E-state index in [1.54, 1.807) is 7.11 Å². The van der Waals surface area contributed by atoms with Gasteiger partial charge in [-0.15, -0.1) is 0 Å². The number of hydrogen-bond acceptors (Lipinski definition) is 4. The number of unbranched alkanes of at least 4 members (excludes halogenated alkanes) is 7. The van der Waals surface area contributed by atoms with E-state index < -0.39 is 0 Å². The monoisotopic (exact) mass is 329 g/mol. The fourth-order valence-electron chi connectivity index (χ4n) is 2.97. The molecule has 0 bridgehead atoms. The summed E-state index contributed by atoms with van der Waals surface area (Å²) in [5.41, 5.74) is 7.58. The topological polar surface area (TPSA) is 60.2 Å². The van der Waals surface area contributed by atoms with Crippen LogP contribution in [-0.2, 0) is 0 Å². The van der Waals surface area contributed by atoms with Gasteiger partial charge in [-0.25, -0.2) is 0 Å². The van der Waals surface area contributed by atoms with Gasteiger partial charge in [0, 0.05) is 24.2 Å². The lowest BCUT2D eigenvalue weighted by Gasteiger charge is -2.11. The highest BCUT2D eigenvalue weighted by Crippen LogP contribution is 2.27. The summed E-state index contributed by atoms with van der Waals surface area (Å²) < 4.78 is 5.39. The number of nitrogens with one attached hydrogen (secondary N) is 1. The minimum absolute atomic E-state index is 0.833. The van der Waals surface area contributed by atoms with Crippen molar-refractivity contribution in [3.8, 4) is 5.75 Å². The van der Waals surface area contributed by atoms with Gasteiger partial charge in [-0.3, -0.25) is 4.98 Å². The molecular formula is C20H31N3O. The molecule has 0 radical (unpaired) electrons. The van der Waals surface area contributed by atoms with Crippen LogP contribution in [0.3, 0.4) is 0 Å². The molecule has 0 unspecified atom stereocenters. The molecule has 0 saturated carbocycles. The molecular weight excluding hydrogens is 298 g/mol. The summed E-state index contributed by atoms with van der Waals surface area (Å²) in [6.07, 6.45) is 12.1. The molecule has 0 saturated heterocycles. The lowest BCUT2D eigenvalue weighted by Crippen LogP contribution is -2.03. The van der Waals surface area contributed by atoms with Crippen molar-refractivity contribution in [3.05, 3.63) is 30.5 Å². The Morgan fingerprint density at radius 3 is 2.42 bits per heavy atom. The third kappa shape index (κ3) is 6.00. The van der Waals surface area contributed by atoms with E-state index in [0.29, 0.717) is 0 Å². The van der Waals surface area contributed by atoms with Gasteiger partial charge >= 0.3 is 0 Å². The van der Waals surface area contributed by atoms with Gasteiger partial charge in [0.05, 0.1) is 18.3 Å². The molecule has 1 heterocycles. The van der Waals surface area contributed by atoms with E-state index in [2.05, 4.69) is 16.4 Å². The molecule has 1 aromatic carbocycles. The summed E-state index contributed by atoms with van der Waals surface area (Å²) in [4.78, 5) is 4.49. The SMILES string of the molecule is COc1cc(NCCCCCCCCCCN)c2ncccc2c1. The van der Waals surface area contributed by atoms with Crippen molar-refractivity contribution in [2.24, 2.45) is 5.73 Å². The minimum Gasteiger partial charge on any atom is -0.497 e. The Morgan fingerprint density at radius 2 is 1.71 bits per heavy atom. The predicted octanol–water partition coefficient (Wildman–Crippen LogP) is 4.73. The van der Waals surface area contributed by atoms with Crippen molar-refractivity contribution in [2.45, 2.75) is 51.4 Å². The zero-order chi connectivity index (χ0) is 17.0. The molecule has 0 atom stereocenters. The third-order valence-corrected chi connectivity index (χ3v) is 4.36. The first kappa shape index (κ1) is 18.5. The molecule has 3 N–H and O–H groups in total. The summed E-state index contributed by atoms with van der Waals surface area (Å²) in [5.74, 6) is 0.871. The van der Waals surface area contributed by atoms with E-state index in [9.17, 15) is 0 Å². The molecule has 0 aliphatic rings. The van der Waals surface area contributed by atoms with Crippen LogP contribution >= 0.6 is 0 Å². The maximum absolute atomic E-state index is 5.51. The van der Waals surface area contributed by atoms with Gasteiger partial charge in [0.2, 0.25) is 0 Å². The van der Waals surface area contributed by atoms with E-state index in [0.717, 1.165) is 35.4 Å². The molecule has 0 aliphatic carbocycles. The second kappa shape index (κ2) is 10.9. The highest BCUT2D eigenvalue weighted by molar-refractivity contribution is 5.91. The summed E-state index contributed by atoms with van der Waals surface area (Å²) in [7, 11) is 1.70. The van der Waals surface area contributed by atoms with Gasteiger partial charge in [-0.1, -0.05) is 44.6 Å². The molecule has 0 spiro atoms. The van der Waals surface area contributed by atoms with Crippen molar-refractivity contribution in [3.63, 3.8) is 0 Å². The number of nitrogens with two attached hydrogens (primary N) is 1. The van der Waals surface area contributed by atoms with E-state index in [-0.39, 0.29) is 0 Å². The first-order valence-corrected chi connectivity index (χ1v) is 9.22. The maximum Gasteiger partial charge on any atom is 0.121 e. The number of hydrogen-bond donors (Lipinski definition) is 2. The Labute approximate surface area is 145 Å². The van der Waals surface area contributed by atoms with Crippen LogP contribution < -0.4 is 15.8 Å². The number of fused-ring (bicyclic) bond motifs is 1. The summed E-state index contributed by atoms with van der Waals surface area (Å²) in [6, 6.07) is 8.09. The van der Waals surface area contributed by atoms with Gasteiger partial charge < -0.3 is 15.8 Å². The van der Waals surface area contributed by atoms with Crippen LogP contribution in [0.2, 0.25) is 0 Å². The number of nitrogens with zero attached hydrogens (tertiary/aromatic N) is 1. The average molecular weight is 329 g/mol. The predicted molar refractivity (Wildman–Crippen MR) is 103 cm³/mol. The molecule has 4 nitrogen and oxygen atoms in total. The molecule has 1 aromatic heterocycles. The van der Waals surface area contributed by atoms with Crippen molar-refractivity contribution >= 4 is 16.6 Å². The van der Waals surface area contributed by atoms with Crippen molar-refractivity contribution in [2.75, 3.05) is 25.5 Å². The van der Waals surface area contributed by atoms with Crippen molar-refractivity contribution < 1.29 is 4.74 Å². The zero-order valence-corrected chi connectivity index (χ0v) is 14.9. The molecule has 2 rings (SSSR count). The van der Waals surface area contributed by atoms with Crippen LogP contribution in [0.25, 0.3) is 10.9 Å². The summed E-state index contributed by atoms with van der Waals surface area (Å²) >= 11 is 0. The number of anilines is 1.